The summed E-state index contributed by atoms with van der Waals surface area (Å²) in [4.78, 5) is 19.2. The lowest BCUT2D eigenvalue weighted by atomic mass is 9.77. The van der Waals surface area contributed by atoms with E-state index in [1.54, 1.807) is 4.90 Å². The lowest BCUT2D eigenvalue weighted by molar-refractivity contribution is 0.00110. The zero-order valence-electron chi connectivity index (χ0n) is 14.6. The largest absolute Gasteiger partial charge is 0.331 e. The van der Waals surface area contributed by atoms with Gasteiger partial charge in [-0.05, 0) is 42.7 Å². The Morgan fingerprint density at radius 1 is 1.21 bits per heavy atom. The SMILES string of the molecule is CN(C)C(=O)N1CCC[C@@H]2CN3CCc4ccccc4[C@@H]3C[C@@H]21.Cl. The molecule has 0 saturated carbocycles. The van der Waals surface area contributed by atoms with Crippen molar-refractivity contribution in [3.63, 3.8) is 0 Å². The monoisotopic (exact) mass is 349 g/mol. The van der Waals surface area contributed by atoms with Crippen LogP contribution in [-0.4, -0.2) is 60.5 Å². The van der Waals surface area contributed by atoms with E-state index in [4.69, 9.17) is 0 Å². The molecule has 2 fully saturated rings. The summed E-state index contributed by atoms with van der Waals surface area (Å²) in [5.41, 5.74) is 3.01. The first-order chi connectivity index (χ1) is 11.1. The highest BCUT2D eigenvalue weighted by atomic mass is 35.5. The number of likely N-dealkylation sites (tertiary alicyclic amines) is 1. The van der Waals surface area contributed by atoms with Crippen molar-refractivity contribution in [2.75, 3.05) is 33.7 Å². The average Bonchev–Trinajstić information content (AvgIpc) is 2.58. The first kappa shape index (κ1) is 17.6. The predicted molar refractivity (Wildman–Crippen MR) is 98.6 cm³/mol. The van der Waals surface area contributed by atoms with E-state index in [1.165, 1.54) is 30.5 Å². The third-order valence-corrected chi connectivity index (χ3v) is 6.00. The van der Waals surface area contributed by atoms with E-state index in [0.717, 1.165) is 25.9 Å². The molecule has 0 unspecified atom stereocenters. The lowest BCUT2D eigenvalue weighted by Gasteiger charge is -2.52. The molecule has 0 spiro atoms. The Hall–Kier alpha value is -1.26. The molecular weight excluding hydrogens is 322 g/mol. The third-order valence-electron chi connectivity index (χ3n) is 6.00. The molecule has 3 aliphatic heterocycles. The molecule has 0 bridgehead atoms. The summed E-state index contributed by atoms with van der Waals surface area (Å²) in [6, 6.07) is 10.00. The molecule has 24 heavy (non-hydrogen) atoms. The predicted octanol–water partition coefficient (Wildman–Crippen LogP) is 3.17. The number of halogens is 1. The van der Waals surface area contributed by atoms with Crippen molar-refractivity contribution < 1.29 is 4.79 Å². The second kappa shape index (κ2) is 6.93. The van der Waals surface area contributed by atoms with Crippen molar-refractivity contribution in [3.05, 3.63) is 35.4 Å². The van der Waals surface area contributed by atoms with Crippen molar-refractivity contribution in [1.29, 1.82) is 0 Å². The summed E-state index contributed by atoms with van der Waals surface area (Å²) in [5, 5.41) is 0. The molecule has 1 aromatic rings. The van der Waals surface area contributed by atoms with Crippen molar-refractivity contribution in [2.24, 2.45) is 5.92 Å². The van der Waals surface area contributed by atoms with Crippen molar-refractivity contribution >= 4 is 18.4 Å². The minimum absolute atomic E-state index is 0. The molecule has 2 saturated heterocycles. The molecule has 0 radical (unpaired) electrons. The topological polar surface area (TPSA) is 26.8 Å². The lowest BCUT2D eigenvalue weighted by Crippen LogP contribution is -2.59. The van der Waals surface area contributed by atoms with E-state index in [-0.39, 0.29) is 18.4 Å². The van der Waals surface area contributed by atoms with Crippen LogP contribution in [0.3, 0.4) is 0 Å². The van der Waals surface area contributed by atoms with Crippen LogP contribution < -0.4 is 0 Å². The van der Waals surface area contributed by atoms with Crippen LogP contribution in [0.4, 0.5) is 4.79 Å². The van der Waals surface area contributed by atoms with Gasteiger partial charge in [-0.2, -0.15) is 0 Å². The van der Waals surface area contributed by atoms with Crippen molar-refractivity contribution in [1.82, 2.24) is 14.7 Å². The van der Waals surface area contributed by atoms with E-state index in [0.29, 0.717) is 18.0 Å². The Morgan fingerprint density at radius 2 is 2.00 bits per heavy atom. The van der Waals surface area contributed by atoms with Crippen LogP contribution in [0.15, 0.2) is 24.3 Å². The first-order valence-corrected chi connectivity index (χ1v) is 8.95. The van der Waals surface area contributed by atoms with Gasteiger partial charge in [-0.3, -0.25) is 4.90 Å². The number of carbonyl (C=O) groups is 1. The number of piperidine rings is 2. The fourth-order valence-corrected chi connectivity index (χ4v) is 4.89. The normalized spacial score (nSPS) is 28.9. The fraction of sp³-hybridized carbons (Fsp3) is 0.632. The maximum absolute atomic E-state index is 12.6. The highest BCUT2D eigenvalue weighted by Gasteiger charge is 2.44. The van der Waals surface area contributed by atoms with Gasteiger partial charge in [0.1, 0.15) is 0 Å². The highest BCUT2D eigenvalue weighted by Crippen LogP contribution is 2.42. The maximum atomic E-state index is 12.6. The molecular formula is C19H28ClN3O. The molecule has 4 nitrogen and oxygen atoms in total. The summed E-state index contributed by atoms with van der Waals surface area (Å²) in [6.07, 6.45) is 4.69. The number of rotatable bonds is 0. The van der Waals surface area contributed by atoms with E-state index in [2.05, 4.69) is 34.1 Å². The molecule has 0 N–H and O–H groups in total. The van der Waals surface area contributed by atoms with Crippen molar-refractivity contribution in [2.45, 2.75) is 37.8 Å². The van der Waals surface area contributed by atoms with Crippen LogP contribution in [0.25, 0.3) is 0 Å². The second-order valence-corrected chi connectivity index (χ2v) is 7.54. The molecule has 132 valence electrons. The van der Waals surface area contributed by atoms with Crippen molar-refractivity contribution in [3.8, 4) is 0 Å². The van der Waals surface area contributed by atoms with Gasteiger partial charge in [-0.15, -0.1) is 12.4 Å². The molecule has 0 aliphatic carbocycles. The fourth-order valence-electron chi connectivity index (χ4n) is 4.89. The van der Waals surface area contributed by atoms with Gasteiger partial charge in [0, 0.05) is 45.8 Å². The van der Waals surface area contributed by atoms with Crippen LogP contribution in [-0.2, 0) is 6.42 Å². The Labute approximate surface area is 151 Å². The summed E-state index contributed by atoms with van der Waals surface area (Å²) >= 11 is 0. The van der Waals surface area contributed by atoms with Crippen LogP contribution in [0.2, 0.25) is 0 Å². The Bertz CT molecular complexity index is 606. The summed E-state index contributed by atoms with van der Waals surface area (Å²) in [5.74, 6) is 0.647. The van der Waals surface area contributed by atoms with E-state index in [9.17, 15) is 4.79 Å². The summed E-state index contributed by atoms with van der Waals surface area (Å²) in [7, 11) is 3.74. The molecule has 5 heteroatoms. The standard InChI is InChI=1S/C19H27N3O.ClH/c1-20(2)19(23)22-10-5-7-15-13-21-11-9-14-6-3-4-8-16(14)18(21)12-17(15)22;/h3-4,6,8,15,17-18H,5,7,9-13H2,1-2H3;1H/t15-,17+,18+;/m1./s1. The smallest absolute Gasteiger partial charge is 0.319 e. The van der Waals surface area contributed by atoms with Gasteiger partial charge in [-0.1, -0.05) is 24.3 Å². The highest BCUT2D eigenvalue weighted by molar-refractivity contribution is 5.85. The molecule has 1 aromatic carbocycles. The van der Waals surface area contributed by atoms with Gasteiger partial charge in [0.15, 0.2) is 0 Å². The molecule has 3 aliphatic rings. The number of fused-ring (bicyclic) bond motifs is 4. The molecule has 2 amide bonds. The van der Waals surface area contributed by atoms with Crippen LogP contribution in [0.5, 0.6) is 0 Å². The average molecular weight is 350 g/mol. The van der Waals surface area contributed by atoms with Gasteiger partial charge >= 0.3 is 6.03 Å². The third kappa shape index (κ3) is 2.91. The van der Waals surface area contributed by atoms with E-state index >= 15 is 0 Å². The Kier molecular flexibility index (Phi) is 5.07. The minimum atomic E-state index is 0. The zero-order valence-corrected chi connectivity index (χ0v) is 15.5. The number of carbonyl (C=O) groups excluding carboxylic acids is 1. The van der Waals surface area contributed by atoms with Crippen LogP contribution in [0.1, 0.15) is 36.4 Å². The van der Waals surface area contributed by atoms with E-state index in [1.807, 2.05) is 14.1 Å². The van der Waals surface area contributed by atoms with Gasteiger partial charge in [0.2, 0.25) is 0 Å². The maximum Gasteiger partial charge on any atom is 0.319 e. The molecule has 3 heterocycles. The van der Waals surface area contributed by atoms with Crippen LogP contribution in [0, 0.1) is 5.92 Å². The van der Waals surface area contributed by atoms with Gasteiger partial charge < -0.3 is 9.80 Å². The number of benzene rings is 1. The number of urea groups is 1. The number of hydrogen-bond acceptors (Lipinski definition) is 2. The molecule has 0 aromatic heterocycles. The number of nitrogens with zero attached hydrogens (tertiary/aromatic N) is 3. The zero-order chi connectivity index (χ0) is 16.0. The van der Waals surface area contributed by atoms with E-state index < -0.39 is 0 Å². The number of hydrogen-bond donors (Lipinski definition) is 0. The molecule has 4 rings (SSSR count). The van der Waals surface area contributed by atoms with Gasteiger partial charge in [0.25, 0.3) is 0 Å². The summed E-state index contributed by atoms with van der Waals surface area (Å²) < 4.78 is 0. The number of amides is 2. The molecule has 3 atom stereocenters. The Balaban J connectivity index is 0.00000169. The quantitative estimate of drug-likeness (QED) is 0.719. The first-order valence-electron chi connectivity index (χ1n) is 8.95. The summed E-state index contributed by atoms with van der Waals surface area (Å²) in [6.45, 7) is 3.25. The minimum Gasteiger partial charge on any atom is -0.331 e. The Morgan fingerprint density at radius 3 is 2.79 bits per heavy atom. The van der Waals surface area contributed by atoms with Gasteiger partial charge in [-0.25, -0.2) is 4.79 Å². The van der Waals surface area contributed by atoms with Gasteiger partial charge in [0.05, 0.1) is 0 Å². The van der Waals surface area contributed by atoms with Crippen LogP contribution >= 0.6 is 12.4 Å². The second-order valence-electron chi connectivity index (χ2n) is 7.54.